The van der Waals surface area contributed by atoms with Gasteiger partial charge in [0, 0.05) is 12.1 Å². The molecule has 0 fully saturated rings. The molecule has 0 saturated carbocycles. The molecule has 0 N–H and O–H groups in total. The predicted molar refractivity (Wildman–Crippen MR) is 72.3 cm³/mol. The standard InChI is InChI=1S/C10H11ClN2O6S/c1-19-10(14)6-12(20(2,17)18)9-5-7(13(15)16)3-4-8(9)11/h3-5H,6H2,1-2H3. The Morgan fingerprint density at radius 1 is 1.50 bits per heavy atom. The van der Waals surface area contributed by atoms with E-state index in [4.69, 9.17) is 11.6 Å². The maximum absolute atomic E-state index is 11.7. The summed E-state index contributed by atoms with van der Waals surface area (Å²) in [5.41, 5.74) is -0.503. The number of hydrogen-bond donors (Lipinski definition) is 0. The van der Waals surface area contributed by atoms with Crippen LogP contribution in [0.15, 0.2) is 18.2 Å². The van der Waals surface area contributed by atoms with Crippen molar-refractivity contribution in [2.45, 2.75) is 0 Å². The van der Waals surface area contributed by atoms with Crippen LogP contribution in [0.4, 0.5) is 11.4 Å². The molecule has 0 aromatic heterocycles. The van der Waals surface area contributed by atoms with E-state index in [1.165, 1.54) is 6.07 Å². The minimum Gasteiger partial charge on any atom is -0.468 e. The second kappa shape index (κ2) is 6.06. The Labute approximate surface area is 120 Å². The van der Waals surface area contributed by atoms with Crippen molar-refractivity contribution < 1.29 is 22.9 Å². The second-order valence-electron chi connectivity index (χ2n) is 3.74. The van der Waals surface area contributed by atoms with E-state index >= 15 is 0 Å². The Morgan fingerprint density at radius 2 is 2.10 bits per heavy atom. The van der Waals surface area contributed by atoms with Crippen molar-refractivity contribution in [1.82, 2.24) is 0 Å². The first kappa shape index (κ1) is 16.2. The van der Waals surface area contributed by atoms with Gasteiger partial charge >= 0.3 is 5.97 Å². The number of hydrogen-bond acceptors (Lipinski definition) is 6. The summed E-state index contributed by atoms with van der Waals surface area (Å²) in [4.78, 5) is 21.3. The number of non-ortho nitro benzene ring substituents is 1. The number of ether oxygens (including phenoxy) is 1. The maximum Gasteiger partial charge on any atom is 0.326 e. The number of sulfonamides is 1. The van der Waals surface area contributed by atoms with Gasteiger partial charge in [0.15, 0.2) is 0 Å². The molecule has 0 aliphatic carbocycles. The molecule has 10 heteroatoms. The number of carbonyl (C=O) groups excluding carboxylic acids is 1. The molecular weight excluding hydrogens is 312 g/mol. The van der Waals surface area contributed by atoms with Gasteiger partial charge in [0.25, 0.3) is 5.69 Å². The number of esters is 1. The highest BCUT2D eigenvalue weighted by Crippen LogP contribution is 2.31. The smallest absolute Gasteiger partial charge is 0.326 e. The van der Waals surface area contributed by atoms with Gasteiger partial charge in [-0.05, 0) is 6.07 Å². The lowest BCUT2D eigenvalue weighted by molar-refractivity contribution is -0.384. The zero-order valence-corrected chi connectivity index (χ0v) is 12.1. The molecule has 1 aromatic rings. The van der Waals surface area contributed by atoms with Crippen molar-refractivity contribution in [3.8, 4) is 0 Å². The summed E-state index contributed by atoms with van der Waals surface area (Å²) in [6, 6.07) is 3.29. The molecule has 0 radical (unpaired) electrons. The van der Waals surface area contributed by atoms with E-state index in [1.54, 1.807) is 0 Å². The number of benzene rings is 1. The van der Waals surface area contributed by atoms with Gasteiger partial charge in [0.05, 0.1) is 29.0 Å². The van der Waals surface area contributed by atoms with Gasteiger partial charge in [0.1, 0.15) is 6.54 Å². The van der Waals surface area contributed by atoms with Crippen molar-refractivity contribution in [3.63, 3.8) is 0 Å². The molecule has 1 aromatic carbocycles. The third-order valence-corrected chi connectivity index (χ3v) is 3.76. The number of nitro groups is 1. The largest absolute Gasteiger partial charge is 0.468 e. The Balaban J connectivity index is 3.37. The molecule has 0 aliphatic rings. The first-order chi connectivity index (χ1) is 9.16. The molecule has 110 valence electrons. The van der Waals surface area contributed by atoms with Crippen molar-refractivity contribution in [2.75, 3.05) is 24.2 Å². The number of carbonyl (C=O) groups is 1. The number of nitrogens with zero attached hydrogens (tertiary/aromatic N) is 2. The topological polar surface area (TPSA) is 107 Å². The van der Waals surface area contributed by atoms with Crippen molar-refractivity contribution in [1.29, 1.82) is 0 Å². The monoisotopic (exact) mass is 322 g/mol. The van der Waals surface area contributed by atoms with Gasteiger partial charge < -0.3 is 4.74 Å². The van der Waals surface area contributed by atoms with Gasteiger partial charge in [0.2, 0.25) is 10.0 Å². The molecular formula is C10H11ClN2O6S. The molecule has 0 heterocycles. The Morgan fingerprint density at radius 3 is 2.55 bits per heavy atom. The Bertz CT molecular complexity index is 645. The van der Waals surface area contributed by atoms with Crippen LogP contribution in [0.25, 0.3) is 0 Å². The zero-order valence-electron chi connectivity index (χ0n) is 10.6. The SMILES string of the molecule is COC(=O)CN(c1cc([N+](=O)[O-])ccc1Cl)S(C)(=O)=O. The lowest BCUT2D eigenvalue weighted by atomic mass is 10.3. The summed E-state index contributed by atoms with van der Waals surface area (Å²) >= 11 is 5.85. The predicted octanol–water partition coefficient (Wildman–Crippen LogP) is 1.19. The number of nitro benzene ring substituents is 1. The van der Waals surface area contributed by atoms with Crippen molar-refractivity contribution >= 4 is 39.0 Å². The summed E-state index contributed by atoms with van der Waals surface area (Å²) in [5, 5.41) is 10.7. The summed E-state index contributed by atoms with van der Waals surface area (Å²) in [7, 11) is -2.77. The highest BCUT2D eigenvalue weighted by molar-refractivity contribution is 7.92. The fourth-order valence-electron chi connectivity index (χ4n) is 1.37. The van der Waals surface area contributed by atoms with Crippen LogP contribution in [0.3, 0.4) is 0 Å². The van der Waals surface area contributed by atoms with Crippen LogP contribution >= 0.6 is 11.6 Å². The number of halogens is 1. The number of anilines is 1. The van der Waals surface area contributed by atoms with Crippen LogP contribution in [0.5, 0.6) is 0 Å². The first-order valence-electron chi connectivity index (χ1n) is 5.15. The minimum absolute atomic E-state index is 0.0371. The van der Waals surface area contributed by atoms with Gasteiger partial charge in [-0.2, -0.15) is 0 Å². The van der Waals surface area contributed by atoms with E-state index in [-0.39, 0.29) is 16.4 Å². The summed E-state index contributed by atoms with van der Waals surface area (Å²) < 4.78 is 28.5. The van der Waals surface area contributed by atoms with E-state index in [9.17, 15) is 23.3 Å². The summed E-state index contributed by atoms with van der Waals surface area (Å²) in [6.45, 7) is -0.629. The minimum atomic E-state index is -3.86. The average molecular weight is 323 g/mol. The molecule has 0 unspecified atom stereocenters. The molecule has 0 bridgehead atoms. The third-order valence-electron chi connectivity index (χ3n) is 2.31. The highest BCUT2D eigenvalue weighted by atomic mass is 35.5. The van der Waals surface area contributed by atoms with Gasteiger partial charge in [-0.15, -0.1) is 0 Å². The van der Waals surface area contributed by atoms with E-state index < -0.39 is 27.5 Å². The normalized spacial score (nSPS) is 10.9. The highest BCUT2D eigenvalue weighted by Gasteiger charge is 2.25. The van der Waals surface area contributed by atoms with Crippen LogP contribution in [-0.4, -0.2) is 39.2 Å². The quantitative estimate of drug-likeness (QED) is 0.458. The molecule has 0 amide bonds. The fourth-order valence-corrected chi connectivity index (χ4v) is 2.49. The molecule has 0 aliphatic heterocycles. The van der Waals surface area contributed by atoms with E-state index in [0.717, 1.165) is 25.5 Å². The van der Waals surface area contributed by atoms with Crippen LogP contribution in [0.1, 0.15) is 0 Å². The van der Waals surface area contributed by atoms with Gasteiger partial charge in [-0.1, -0.05) is 11.6 Å². The average Bonchev–Trinajstić information content (AvgIpc) is 2.35. The van der Waals surface area contributed by atoms with Gasteiger partial charge in [-0.3, -0.25) is 19.2 Å². The number of methoxy groups -OCH3 is 1. The zero-order chi connectivity index (χ0) is 15.5. The van der Waals surface area contributed by atoms with Crippen molar-refractivity contribution in [3.05, 3.63) is 33.3 Å². The van der Waals surface area contributed by atoms with Gasteiger partial charge in [-0.25, -0.2) is 8.42 Å². The first-order valence-corrected chi connectivity index (χ1v) is 7.38. The Hall–Kier alpha value is -1.87. The fraction of sp³-hybridized carbons (Fsp3) is 0.300. The van der Waals surface area contributed by atoms with E-state index in [2.05, 4.69) is 4.74 Å². The molecule has 8 nitrogen and oxygen atoms in total. The lowest BCUT2D eigenvalue weighted by Crippen LogP contribution is -2.35. The molecule has 0 saturated heterocycles. The van der Waals surface area contributed by atoms with E-state index in [1.807, 2.05) is 0 Å². The van der Waals surface area contributed by atoms with Crippen LogP contribution in [-0.2, 0) is 19.6 Å². The summed E-state index contributed by atoms with van der Waals surface area (Å²) in [6.07, 6.45) is 0.852. The summed E-state index contributed by atoms with van der Waals surface area (Å²) in [5.74, 6) is -0.821. The van der Waals surface area contributed by atoms with Crippen LogP contribution in [0.2, 0.25) is 5.02 Å². The third kappa shape index (κ3) is 3.81. The molecule has 0 atom stereocenters. The molecule has 20 heavy (non-hydrogen) atoms. The number of rotatable bonds is 5. The van der Waals surface area contributed by atoms with Crippen LogP contribution < -0.4 is 4.31 Å². The second-order valence-corrected chi connectivity index (χ2v) is 6.05. The van der Waals surface area contributed by atoms with Crippen LogP contribution in [0, 0.1) is 10.1 Å². The Kier molecular flexibility index (Phi) is 4.90. The molecule has 1 rings (SSSR count). The lowest BCUT2D eigenvalue weighted by Gasteiger charge is -2.21. The van der Waals surface area contributed by atoms with E-state index in [0.29, 0.717) is 4.31 Å². The molecule has 0 spiro atoms. The van der Waals surface area contributed by atoms with Crippen molar-refractivity contribution in [2.24, 2.45) is 0 Å². The maximum atomic E-state index is 11.7.